The third-order valence-corrected chi connectivity index (χ3v) is 4.89. The highest BCUT2D eigenvalue weighted by molar-refractivity contribution is 7.80. The van der Waals surface area contributed by atoms with Gasteiger partial charge in [-0.3, -0.25) is 9.59 Å². The number of carbonyl (C=O) groups is 2. The quantitative estimate of drug-likeness (QED) is 0.553. The first-order chi connectivity index (χ1) is 13.0. The van der Waals surface area contributed by atoms with Crippen LogP contribution in [0.25, 0.3) is 0 Å². The Hall–Kier alpha value is -2.15. The van der Waals surface area contributed by atoms with Gasteiger partial charge in [0.1, 0.15) is 0 Å². The normalized spacial score (nSPS) is 14.0. The molecule has 27 heavy (non-hydrogen) atoms. The second-order valence-corrected chi connectivity index (χ2v) is 7.14. The summed E-state index contributed by atoms with van der Waals surface area (Å²) in [4.78, 5) is 27.8. The van der Waals surface area contributed by atoms with Crippen LogP contribution >= 0.6 is 12.2 Å². The third-order valence-electron chi connectivity index (χ3n) is 4.69. The van der Waals surface area contributed by atoms with Gasteiger partial charge < -0.3 is 20.4 Å². The summed E-state index contributed by atoms with van der Waals surface area (Å²) < 4.78 is 0. The molecule has 1 aromatic rings. The zero-order valence-electron chi connectivity index (χ0n) is 16.3. The average Bonchev–Trinajstić information content (AvgIpc) is 2.68. The van der Waals surface area contributed by atoms with E-state index in [1.807, 2.05) is 36.1 Å². The molecule has 0 aliphatic carbocycles. The van der Waals surface area contributed by atoms with Crippen molar-refractivity contribution in [3.63, 3.8) is 0 Å². The summed E-state index contributed by atoms with van der Waals surface area (Å²) in [6, 6.07) is 7.97. The molecule has 6 nitrogen and oxygen atoms in total. The average molecular weight is 391 g/mol. The third kappa shape index (κ3) is 6.82. The maximum Gasteiger partial charge on any atom is 0.226 e. The topological polar surface area (TPSA) is 64.7 Å². The van der Waals surface area contributed by atoms with E-state index in [0.29, 0.717) is 18.0 Å². The maximum absolute atomic E-state index is 11.8. The smallest absolute Gasteiger partial charge is 0.226 e. The van der Waals surface area contributed by atoms with Gasteiger partial charge in [-0.2, -0.15) is 0 Å². The molecule has 2 amide bonds. The molecule has 0 spiro atoms. The lowest BCUT2D eigenvalue weighted by molar-refractivity contribution is -0.131. The lowest BCUT2D eigenvalue weighted by atomic mass is 10.2. The summed E-state index contributed by atoms with van der Waals surface area (Å²) in [7, 11) is 0. The Bertz CT molecular complexity index is 640. The number of hydrogen-bond donors (Lipinski definition) is 2. The largest absolute Gasteiger partial charge is 0.368 e. The van der Waals surface area contributed by atoms with E-state index < -0.39 is 0 Å². The molecule has 2 rings (SSSR count). The molecule has 0 saturated carbocycles. The fourth-order valence-electron chi connectivity index (χ4n) is 3.08. The van der Waals surface area contributed by atoms with Gasteiger partial charge in [0.25, 0.3) is 0 Å². The molecule has 148 valence electrons. The van der Waals surface area contributed by atoms with Crippen LogP contribution in [0, 0.1) is 0 Å². The summed E-state index contributed by atoms with van der Waals surface area (Å²) in [5, 5.41) is 6.10. The van der Waals surface area contributed by atoms with Crippen LogP contribution in [0.1, 0.15) is 46.0 Å². The zero-order valence-corrected chi connectivity index (χ0v) is 17.1. The molecule has 0 radical (unpaired) electrons. The first-order valence-electron chi connectivity index (χ1n) is 9.77. The Balaban J connectivity index is 1.79. The summed E-state index contributed by atoms with van der Waals surface area (Å²) in [5.74, 6) is 0.177. The van der Waals surface area contributed by atoms with Gasteiger partial charge in [0.05, 0.1) is 0 Å². The predicted molar refractivity (Wildman–Crippen MR) is 114 cm³/mol. The Morgan fingerprint density at radius 2 is 1.70 bits per heavy atom. The summed E-state index contributed by atoms with van der Waals surface area (Å²) in [6.45, 7) is 7.22. The second kappa shape index (κ2) is 10.9. The van der Waals surface area contributed by atoms with Crippen molar-refractivity contribution in [1.82, 2.24) is 10.2 Å². The summed E-state index contributed by atoms with van der Waals surface area (Å²) in [6.07, 6.45) is 4.09. The van der Waals surface area contributed by atoms with Crippen molar-refractivity contribution in [2.75, 3.05) is 36.4 Å². The van der Waals surface area contributed by atoms with E-state index in [4.69, 9.17) is 12.2 Å². The minimum Gasteiger partial charge on any atom is -0.368 e. The molecule has 1 aliphatic rings. The van der Waals surface area contributed by atoms with Crippen LogP contribution in [0.5, 0.6) is 0 Å². The first kappa shape index (κ1) is 21.2. The van der Waals surface area contributed by atoms with Crippen molar-refractivity contribution in [1.29, 1.82) is 0 Å². The number of amides is 2. The van der Waals surface area contributed by atoms with Crippen molar-refractivity contribution in [3.8, 4) is 0 Å². The molecular weight excluding hydrogens is 360 g/mol. The van der Waals surface area contributed by atoms with Gasteiger partial charge in [-0.1, -0.05) is 26.7 Å². The molecule has 0 unspecified atom stereocenters. The Labute approximate surface area is 167 Å². The highest BCUT2D eigenvalue weighted by Crippen LogP contribution is 2.19. The number of hydrogen-bond acceptors (Lipinski definition) is 4. The highest BCUT2D eigenvalue weighted by atomic mass is 32.1. The van der Waals surface area contributed by atoms with Crippen molar-refractivity contribution < 1.29 is 9.59 Å². The molecule has 0 bridgehead atoms. The van der Waals surface area contributed by atoms with E-state index in [-0.39, 0.29) is 11.8 Å². The van der Waals surface area contributed by atoms with Crippen LogP contribution in [0.2, 0.25) is 0 Å². The first-order valence-corrected chi connectivity index (χ1v) is 10.2. The molecule has 0 aromatic heterocycles. The Kier molecular flexibility index (Phi) is 8.51. The standard InChI is InChI=1S/C20H30N4O2S/c1-3-5-6-7-18(25)22-20(27)21-16-8-10-17(11-9-16)23-12-14-24(15-13-23)19(26)4-2/h8-11H,3-7,12-15H2,1-2H3,(H2,21,22,25,27). The van der Waals surface area contributed by atoms with Gasteiger partial charge in [0, 0.05) is 50.4 Å². The monoisotopic (exact) mass is 390 g/mol. The van der Waals surface area contributed by atoms with E-state index in [2.05, 4.69) is 22.5 Å². The highest BCUT2D eigenvalue weighted by Gasteiger charge is 2.20. The van der Waals surface area contributed by atoms with Crippen LogP contribution in [0.3, 0.4) is 0 Å². The molecule has 1 aromatic carbocycles. The number of carbonyl (C=O) groups excluding carboxylic acids is 2. The van der Waals surface area contributed by atoms with Gasteiger partial charge in [-0.25, -0.2) is 0 Å². The number of rotatable bonds is 7. The fraction of sp³-hybridized carbons (Fsp3) is 0.550. The number of piperazine rings is 1. The molecule has 7 heteroatoms. The number of unbranched alkanes of at least 4 members (excludes halogenated alkanes) is 2. The molecule has 1 fully saturated rings. The van der Waals surface area contributed by atoms with Crippen LogP contribution < -0.4 is 15.5 Å². The van der Waals surface area contributed by atoms with Gasteiger partial charge in [-0.05, 0) is 42.9 Å². The molecule has 0 atom stereocenters. The van der Waals surface area contributed by atoms with Crippen LogP contribution in [0.15, 0.2) is 24.3 Å². The number of anilines is 2. The van der Waals surface area contributed by atoms with Crippen molar-refractivity contribution in [2.24, 2.45) is 0 Å². The van der Waals surface area contributed by atoms with E-state index >= 15 is 0 Å². The van der Waals surface area contributed by atoms with Crippen molar-refractivity contribution in [2.45, 2.75) is 46.0 Å². The SMILES string of the molecule is CCCCCC(=O)NC(=S)Nc1ccc(N2CCN(C(=O)CC)CC2)cc1. The van der Waals surface area contributed by atoms with Gasteiger partial charge in [0.2, 0.25) is 11.8 Å². The van der Waals surface area contributed by atoms with Crippen LogP contribution in [-0.2, 0) is 9.59 Å². The van der Waals surface area contributed by atoms with Crippen LogP contribution in [0.4, 0.5) is 11.4 Å². The van der Waals surface area contributed by atoms with Gasteiger partial charge in [-0.15, -0.1) is 0 Å². The van der Waals surface area contributed by atoms with Crippen molar-refractivity contribution in [3.05, 3.63) is 24.3 Å². The van der Waals surface area contributed by atoms with Gasteiger partial charge >= 0.3 is 0 Å². The number of thiocarbonyl (C=S) groups is 1. The molecular formula is C20H30N4O2S. The van der Waals surface area contributed by atoms with E-state index in [1.54, 1.807) is 0 Å². The van der Waals surface area contributed by atoms with E-state index in [9.17, 15) is 9.59 Å². The number of nitrogens with zero attached hydrogens (tertiary/aromatic N) is 2. The summed E-state index contributed by atoms with van der Waals surface area (Å²) >= 11 is 5.21. The molecule has 1 aliphatic heterocycles. The molecule has 1 heterocycles. The fourth-order valence-corrected chi connectivity index (χ4v) is 3.31. The number of nitrogens with one attached hydrogen (secondary N) is 2. The lowest BCUT2D eigenvalue weighted by Gasteiger charge is -2.36. The lowest BCUT2D eigenvalue weighted by Crippen LogP contribution is -2.48. The Morgan fingerprint density at radius 1 is 1.04 bits per heavy atom. The minimum atomic E-state index is -0.0444. The van der Waals surface area contributed by atoms with Crippen LogP contribution in [-0.4, -0.2) is 48.0 Å². The molecule has 1 saturated heterocycles. The Morgan fingerprint density at radius 3 is 2.30 bits per heavy atom. The van der Waals surface area contributed by atoms with E-state index in [1.165, 1.54) is 0 Å². The van der Waals surface area contributed by atoms with Gasteiger partial charge in [0.15, 0.2) is 5.11 Å². The molecule has 2 N–H and O–H groups in total. The second-order valence-electron chi connectivity index (χ2n) is 6.73. The zero-order chi connectivity index (χ0) is 19.6. The number of benzene rings is 1. The van der Waals surface area contributed by atoms with Crippen molar-refractivity contribution >= 4 is 40.5 Å². The predicted octanol–water partition coefficient (Wildman–Crippen LogP) is 3.14. The maximum atomic E-state index is 11.8. The minimum absolute atomic E-state index is 0.0444. The summed E-state index contributed by atoms with van der Waals surface area (Å²) in [5.41, 5.74) is 1.97. The van der Waals surface area contributed by atoms with E-state index in [0.717, 1.165) is 56.8 Å².